The van der Waals surface area contributed by atoms with Crippen LogP contribution in [0.3, 0.4) is 0 Å². The molecule has 0 amide bonds. The Balaban J connectivity index is 1.86. The summed E-state index contributed by atoms with van der Waals surface area (Å²) in [6, 6.07) is 18.6. The standard InChI is InChI=1S/C19H19.C9H13.2CH3.H2Si.Zr/c1-2-3-7-15-8-6-10-17(14-15)19-13-12-16-9-4-5-11-18(16)19;1-6-5-7(2)9(4)8(6)3;;;;/h4-6,8-14H,2-3,7H2,1H3;6H,1-4H3;2*1H3;1H2;. The molecule has 0 spiro atoms. The van der Waals surface area contributed by atoms with Crippen molar-refractivity contribution in [2.75, 3.05) is 0 Å². The molecule has 32 heavy (non-hydrogen) atoms. The molecule has 2 aliphatic rings. The van der Waals surface area contributed by atoms with Gasteiger partial charge in [0.15, 0.2) is 0 Å². The summed E-state index contributed by atoms with van der Waals surface area (Å²) in [7, 11) is 0. The topological polar surface area (TPSA) is 0 Å². The number of fused-ring (bicyclic) bond motifs is 1. The molecule has 0 bridgehead atoms. The van der Waals surface area contributed by atoms with E-state index in [1.54, 1.807) is 22.3 Å². The number of aryl methyl sites for hydroxylation is 1. The first kappa shape index (κ1) is 23.9. The molecule has 0 saturated heterocycles. The summed E-state index contributed by atoms with van der Waals surface area (Å²) in [6.45, 7) is 14.3. The quantitative estimate of drug-likeness (QED) is 0.338. The van der Waals surface area contributed by atoms with E-state index in [9.17, 15) is 0 Å². The van der Waals surface area contributed by atoms with Gasteiger partial charge >= 0.3 is 199 Å². The van der Waals surface area contributed by atoms with Crippen molar-refractivity contribution in [1.82, 2.24) is 0 Å². The Morgan fingerprint density at radius 2 is 1.66 bits per heavy atom. The fourth-order valence-electron chi connectivity index (χ4n) is 6.51. The van der Waals surface area contributed by atoms with Crippen LogP contribution >= 0.6 is 0 Å². The van der Waals surface area contributed by atoms with Crippen molar-refractivity contribution in [3.63, 3.8) is 0 Å². The van der Waals surface area contributed by atoms with Crippen LogP contribution in [-0.2, 0) is 23.8 Å². The van der Waals surface area contributed by atoms with Crippen LogP contribution in [0, 0.1) is 5.92 Å². The van der Waals surface area contributed by atoms with Crippen LogP contribution in [0.5, 0.6) is 0 Å². The number of unbranched alkanes of at least 4 members (excludes halogenated alkanes) is 1. The summed E-state index contributed by atoms with van der Waals surface area (Å²) in [5, 5.41) is 0. The van der Waals surface area contributed by atoms with Gasteiger partial charge in [0.25, 0.3) is 0 Å². The van der Waals surface area contributed by atoms with Crippen LogP contribution in [0.4, 0.5) is 0 Å². The third-order valence-corrected chi connectivity index (χ3v) is 25.8. The average molecular weight is 520 g/mol. The summed E-state index contributed by atoms with van der Waals surface area (Å²) in [5.41, 5.74) is 12.1. The fraction of sp³-hybridized carbons (Fsp3) is 0.400. The van der Waals surface area contributed by atoms with Crippen molar-refractivity contribution in [3.8, 4) is 0 Å². The van der Waals surface area contributed by atoms with Crippen molar-refractivity contribution in [3.05, 3.63) is 96.9 Å². The fourth-order valence-corrected chi connectivity index (χ4v) is 25.0. The molecular weight excluding hydrogens is 480 g/mol. The number of rotatable bonds is 6. The molecule has 0 aromatic heterocycles. The van der Waals surface area contributed by atoms with E-state index in [1.165, 1.54) is 41.5 Å². The van der Waals surface area contributed by atoms with Gasteiger partial charge in [-0.25, -0.2) is 0 Å². The van der Waals surface area contributed by atoms with E-state index >= 15 is 0 Å². The van der Waals surface area contributed by atoms with E-state index in [0.29, 0.717) is 9.54 Å². The summed E-state index contributed by atoms with van der Waals surface area (Å²) < 4.78 is 7.80. The van der Waals surface area contributed by atoms with Crippen LogP contribution < -0.4 is 0 Å². The zero-order chi connectivity index (χ0) is 23.3. The maximum atomic E-state index is 2.71. The third kappa shape index (κ3) is 3.86. The predicted molar refractivity (Wildman–Crippen MR) is 142 cm³/mol. The average Bonchev–Trinajstić information content (AvgIpc) is 3.25. The van der Waals surface area contributed by atoms with Crippen LogP contribution in [-0.4, -0.2) is 6.88 Å². The SMILES string of the molecule is CCCCc1cccc(C2=C[CH]([Zr]([CH3])([CH3])(=[SiH2])[C]3=C(C)C(C)=C(C)C3C)c3ccccc32)c1. The number of allylic oxidation sites excluding steroid dienone is 5. The minimum absolute atomic E-state index is 0.561. The molecule has 0 fully saturated rings. The first-order chi connectivity index (χ1) is 15.0. The molecule has 0 radical (unpaired) electrons. The van der Waals surface area contributed by atoms with Gasteiger partial charge in [0.05, 0.1) is 0 Å². The molecule has 0 saturated carbocycles. The van der Waals surface area contributed by atoms with E-state index in [2.05, 4.69) is 105 Å². The van der Waals surface area contributed by atoms with Gasteiger partial charge in [-0.2, -0.15) is 0 Å². The van der Waals surface area contributed by atoms with Gasteiger partial charge in [-0.15, -0.1) is 0 Å². The molecule has 2 unspecified atom stereocenters. The van der Waals surface area contributed by atoms with Gasteiger partial charge in [0.2, 0.25) is 0 Å². The second kappa shape index (κ2) is 8.52. The molecule has 2 heteroatoms. The van der Waals surface area contributed by atoms with Gasteiger partial charge in [0, 0.05) is 0 Å². The molecular formula is C30H40SiZr. The molecule has 4 rings (SSSR count). The molecule has 168 valence electrons. The second-order valence-corrected chi connectivity index (χ2v) is 40.9. The van der Waals surface area contributed by atoms with E-state index in [1.807, 2.05) is 3.28 Å². The Kier molecular flexibility index (Phi) is 6.36. The summed E-state index contributed by atoms with van der Waals surface area (Å²) in [6.07, 6.45) is 6.37. The van der Waals surface area contributed by atoms with E-state index < -0.39 is 17.4 Å². The van der Waals surface area contributed by atoms with Crippen LogP contribution in [0.2, 0.25) is 9.26 Å². The molecule has 2 aromatic carbocycles. The van der Waals surface area contributed by atoms with Crippen LogP contribution in [0.25, 0.3) is 5.57 Å². The maximum absolute atomic E-state index is 3.33. The van der Waals surface area contributed by atoms with Gasteiger partial charge in [-0.3, -0.25) is 0 Å². The van der Waals surface area contributed by atoms with Gasteiger partial charge in [-0.05, 0) is 0 Å². The second-order valence-electron chi connectivity index (χ2n) is 11.3. The summed E-state index contributed by atoms with van der Waals surface area (Å²) in [5.74, 6) is 0.593. The molecule has 2 aromatic rings. The van der Waals surface area contributed by atoms with Gasteiger partial charge < -0.3 is 0 Å². The van der Waals surface area contributed by atoms with E-state index in [4.69, 9.17) is 0 Å². The van der Waals surface area contributed by atoms with Crippen molar-refractivity contribution in [2.24, 2.45) is 5.92 Å². The third-order valence-electron chi connectivity index (χ3n) is 8.50. The zero-order valence-corrected chi connectivity index (χ0v) is 25.1. The minimum atomic E-state index is -3.33. The van der Waals surface area contributed by atoms with Crippen LogP contribution in [0.15, 0.2) is 74.6 Å². The molecule has 2 aliphatic carbocycles. The van der Waals surface area contributed by atoms with Gasteiger partial charge in [0.1, 0.15) is 0 Å². The zero-order valence-electron chi connectivity index (χ0n) is 21.2. The molecule has 0 nitrogen and oxygen atoms in total. The summed E-state index contributed by atoms with van der Waals surface area (Å²) in [4.78, 5) is 0. The Bertz CT molecular complexity index is 1230. The summed E-state index contributed by atoms with van der Waals surface area (Å²) >= 11 is -3.33. The van der Waals surface area contributed by atoms with Crippen LogP contribution in [0.1, 0.15) is 73.3 Å². The molecule has 0 aliphatic heterocycles. The molecule has 2 atom stereocenters. The predicted octanol–water partition coefficient (Wildman–Crippen LogP) is 8.11. The number of hydrogen-bond acceptors (Lipinski definition) is 0. The Hall–Kier alpha value is -1.24. The first-order valence-electron chi connectivity index (χ1n) is 12.4. The molecule has 0 N–H and O–H groups in total. The Labute approximate surface area is 198 Å². The van der Waals surface area contributed by atoms with Crippen molar-refractivity contribution < 1.29 is 17.4 Å². The van der Waals surface area contributed by atoms with E-state index in [0.717, 1.165) is 0 Å². The Morgan fingerprint density at radius 1 is 0.938 bits per heavy atom. The van der Waals surface area contributed by atoms with Gasteiger partial charge in [-0.1, -0.05) is 0 Å². The molecule has 0 heterocycles. The number of hydrogen-bond donors (Lipinski definition) is 0. The number of benzene rings is 2. The first-order valence-corrected chi connectivity index (χ1v) is 25.9. The Morgan fingerprint density at radius 3 is 2.31 bits per heavy atom. The normalized spacial score (nSPS) is 21.3. The van der Waals surface area contributed by atoms with Crippen molar-refractivity contribution in [1.29, 1.82) is 0 Å². The van der Waals surface area contributed by atoms with Crippen molar-refractivity contribution in [2.45, 2.75) is 66.8 Å². The monoisotopic (exact) mass is 518 g/mol. The van der Waals surface area contributed by atoms with Crippen molar-refractivity contribution >= 4 is 12.5 Å². The van der Waals surface area contributed by atoms with E-state index in [-0.39, 0.29) is 0 Å².